The molecule has 21 heavy (non-hydrogen) atoms. The van der Waals surface area contributed by atoms with Gasteiger partial charge in [-0.05, 0) is 48.0 Å². The molecule has 0 bridgehead atoms. The molecule has 0 radical (unpaired) electrons. The lowest BCUT2D eigenvalue weighted by Crippen LogP contribution is -2.41. The summed E-state index contributed by atoms with van der Waals surface area (Å²) in [5.41, 5.74) is 0.854. The van der Waals surface area contributed by atoms with Crippen molar-refractivity contribution in [3.8, 4) is 0 Å². The molecule has 1 aromatic carbocycles. The molecule has 2 atom stereocenters. The zero-order chi connectivity index (χ0) is 14.7. The average molecular weight is 304 g/mol. The Hall–Kier alpha value is -1.43. The van der Waals surface area contributed by atoms with E-state index in [2.05, 4.69) is 29.0 Å². The van der Waals surface area contributed by atoms with Crippen LogP contribution in [0.3, 0.4) is 0 Å². The van der Waals surface area contributed by atoms with Crippen molar-refractivity contribution < 1.29 is 9.53 Å². The minimum absolute atomic E-state index is 0.0377. The van der Waals surface area contributed by atoms with Crippen LogP contribution in [-0.4, -0.2) is 31.7 Å². The molecule has 0 aliphatic carbocycles. The molecular weight excluding hydrogens is 284 g/mol. The maximum Gasteiger partial charge on any atom is 0.231 e. The summed E-state index contributed by atoms with van der Waals surface area (Å²) in [7, 11) is 0. The van der Waals surface area contributed by atoms with Gasteiger partial charge in [-0.15, -0.1) is 11.3 Å². The molecule has 5 heteroatoms. The lowest BCUT2D eigenvalue weighted by molar-refractivity contribution is -0.120. The highest BCUT2D eigenvalue weighted by Gasteiger charge is 2.33. The number of carbonyl (C=O) groups excluding carboxylic acids is 1. The molecule has 1 aliphatic heterocycles. The number of benzene rings is 1. The van der Waals surface area contributed by atoms with Crippen LogP contribution in [0.1, 0.15) is 13.3 Å². The first-order chi connectivity index (χ1) is 10.3. The molecule has 1 aliphatic rings. The quantitative estimate of drug-likeness (QED) is 0.893. The van der Waals surface area contributed by atoms with E-state index in [1.807, 2.05) is 18.2 Å². The Morgan fingerprint density at radius 3 is 3.14 bits per heavy atom. The molecule has 1 fully saturated rings. The summed E-state index contributed by atoms with van der Waals surface area (Å²) in [6.07, 6.45) is 1.06. The van der Waals surface area contributed by atoms with Gasteiger partial charge in [0.2, 0.25) is 5.91 Å². The first-order valence-corrected chi connectivity index (χ1v) is 8.25. The highest BCUT2D eigenvalue weighted by Crippen LogP contribution is 2.25. The number of carbonyl (C=O) groups is 1. The Morgan fingerprint density at radius 2 is 2.29 bits per heavy atom. The molecule has 3 rings (SSSR count). The number of amides is 1. The van der Waals surface area contributed by atoms with Gasteiger partial charge in [0, 0.05) is 16.4 Å². The second-order valence-electron chi connectivity index (χ2n) is 5.37. The zero-order valence-electron chi connectivity index (χ0n) is 12.1. The van der Waals surface area contributed by atoms with Crippen LogP contribution in [0.4, 0.5) is 5.69 Å². The van der Waals surface area contributed by atoms with Crippen molar-refractivity contribution >= 4 is 33.0 Å². The Morgan fingerprint density at radius 1 is 1.38 bits per heavy atom. The van der Waals surface area contributed by atoms with E-state index < -0.39 is 0 Å². The smallest absolute Gasteiger partial charge is 0.231 e. The normalized spacial score (nSPS) is 21.8. The second kappa shape index (κ2) is 6.56. The van der Waals surface area contributed by atoms with Gasteiger partial charge in [0.15, 0.2) is 0 Å². The molecule has 112 valence electrons. The van der Waals surface area contributed by atoms with E-state index in [1.54, 1.807) is 11.3 Å². The van der Waals surface area contributed by atoms with Gasteiger partial charge in [-0.2, -0.15) is 0 Å². The van der Waals surface area contributed by atoms with Crippen molar-refractivity contribution in [3.63, 3.8) is 0 Å². The van der Waals surface area contributed by atoms with Gasteiger partial charge in [0.25, 0.3) is 0 Å². The summed E-state index contributed by atoms with van der Waals surface area (Å²) in [5, 5.41) is 9.64. The van der Waals surface area contributed by atoms with E-state index in [0.717, 1.165) is 18.7 Å². The van der Waals surface area contributed by atoms with E-state index >= 15 is 0 Å². The highest BCUT2D eigenvalue weighted by atomic mass is 32.1. The lowest BCUT2D eigenvalue weighted by Gasteiger charge is -2.18. The Balaban J connectivity index is 1.67. The number of ether oxygens (including phenoxy) is 1. The van der Waals surface area contributed by atoms with Crippen LogP contribution in [0.5, 0.6) is 0 Å². The molecule has 2 heterocycles. The fourth-order valence-corrected chi connectivity index (χ4v) is 3.39. The van der Waals surface area contributed by atoms with Crippen molar-refractivity contribution in [2.75, 3.05) is 25.1 Å². The van der Waals surface area contributed by atoms with Gasteiger partial charge in [0.05, 0.1) is 19.1 Å². The number of thiophene rings is 1. The van der Waals surface area contributed by atoms with Crippen LogP contribution >= 0.6 is 11.3 Å². The van der Waals surface area contributed by atoms with Crippen molar-refractivity contribution in [1.82, 2.24) is 5.32 Å². The van der Waals surface area contributed by atoms with Crippen molar-refractivity contribution in [1.29, 1.82) is 0 Å². The van der Waals surface area contributed by atoms with Gasteiger partial charge >= 0.3 is 0 Å². The third kappa shape index (κ3) is 3.26. The molecular formula is C16H20N2O2S. The summed E-state index contributed by atoms with van der Waals surface area (Å²) in [5.74, 6) is -0.0783. The van der Waals surface area contributed by atoms with Gasteiger partial charge in [-0.25, -0.2) is 0 Å². The summed E-state index contributed by atoms with van der Waals surface area (Å²) in [6.45, 7) is 4.14. The molecule has 1 amide bonds. The number of nitrogens with one attached hydrogen (secondary N) is 2. The second-order valence-corrected chi connectivity index (χ2v) is 6.31. The Kier molecular flexibility index (Phi) is 4.53. The maximum atomic E-state index is 12.4. The maximum absolute atomic E-state index is 12.4. The third-order valence-electron chi connectivity index (χ3n) is 3.79. The first kappa shape index (κ1) is 14.5. The molecule has 0 saturated carbocycles. The Labute approximate surface area is 128 Å². The standard InChI is InChI=1S/C16H20N2O2S/c1-2-6-17-14-10-20-9-13(14)16(19)18-12-3-4-15-11(8-12)5-7-21-15/h3-5,7-8,13-14,17H,2,6,9-10H2,1H3,(H,18,19). The number of hydrogen-bond acceptors (Lipinski definition) is 4. The highest BCUT2D eigenvalue weighted by molar-refractivity contribution is 7.17. The minimum atomic E-state index is -0.116. The van der Waals surface area contributed by atoms with E-state index in [0.29, 0.717) is 13.2 Å². The third-order valence-corrected chi connectivity index (χ3v) is 4.69. The van der Waals surface area contributed by atoms with Crippen LogP contribution in [0.25, 0.3) is 10.1 Å². The van der Waals surface area contributed by atoms with E-state index in [4.69, 9.17) is 4.74 Å². The first-order valence-electron chi connectivity index (χ1n) is 7.37. The van der Waals surface area contributed by atoms with Crippen molar-refractivity contribution in [2.45, 2.75) is 19.4 Å². The molecule has 2 N–H and O–H groups in total. The predicted molar refractivity (Wildman–Crippen MR) is 86.8 cm³/mol. The summed E-state index contributed by atoms with van der Waals surface area (Å²) < 4.78 is 6.70. The number of rotatable bonds is 5. The molecule has 1 saturated heterocycles. The minimum Gasteiger partial charge on any atom is -0.379 e. The molecule has 1 aromatic heterocycles. The van der Waals surface area contributed by atoms with Gasteiger partial charge in [0.1, 0.15) is 0 Å². The Bertz CT molecular complexity index is 626. The van der Waals surface area contributed by atoms with Crippen LogP contribution in [0, 0.1) is 5.92 Å². The monoisotopic (exact) mass is 304 g/mol. The predicted octanol–water partition coefficient (Wildman–Crippen LogP) is 2.85. The zero-order valence-corrected chi connectivity index (χ0v) is 12.9. The molecule has 2 unspecified atom stereocenters. The van der Waals surface area contributed by atoms with Crippen molar-refractivity contribution in [2.24, 2.45) is 5.92 Å². The lowest BCUT2D eigenvalue weighted by atomic mass is 10.0. The number of fused-ring (bicyclic) bond motifs is 1. The summed E-state index contributed by atoms with van der Waals surface area (Å²) in [4.78, 5) is 12.4. The van der Waals surface area contributed by atoms with Gasteiger partial charge in [-0.1, -0.05) is 6.92 Å². The van der Waals surface area contributed by atoms with Crippen molar-refractivity contribution in [3.05, 3.63) is 29.6 Å². The van der Waals surface area contributed by atoms with Gasteiger partial charge < -0.3 is 15.4 Å². The van der Waals surface area contributed by atoms with Gasteiger partial charge in [-0.3, -0.25) is 4.79 Å². The average Bonchev–Trinajstić information content (AvgIpc) is 3.13. The fourth-order valence-electron chi connectivity index (χ4n) is 2.62. The largest absolute Gasteiger partial charge is 0.379 e. The van der Waals surface area contributed by atoms with Crippen LogP contribution in [-0.2, 0) is 9.53 Å². The van der Waals surface area contributed by atoms with Crippen LogP contribution < -0.4 is 10.6 Å². The fraction of sp³-hybridized carbons (Fsp3) is 0.438. The summed E-state index contributed by atoms with van der Waals surface area (Å²) >= 11 is 1.71. The number of hydrogen-bond donors (Lipinski definition) is 2. The SMILES string of the molecule is CCCNC1COCC1C(=O)Nc1ccc2sccc2c1. The molecule has 4 nitrogen and oxygen atoms in total. The van der Waals surface area contributed by atoms with E-state index in [9.17, 15) is 4.79 Å². The topological polar surface area (TPSA) is 50.4 Å². The van der Waals surface area contributed by atoms with E-state index in [1.165, 1.54) is 10.1 Å². The molecule has 0 spiro atoms. The van der Waals surface area contributed by atoms with E-state index in [-0.39, 0.29) is 17.9 Å². The van der Waals surface area contributed by atoms with Crippen LogP contribution in [0.15, 0.2) is 29.6 Å². The summed E-state index contributed by atoms with van der Waals surface area (Å²) in [6, 6.07) is 8.22. The van der Waals surface area contributed by atoms with Crippen LogP contribution in [0.2, 0.25) is 0 Å². The number of anilines is 1. The molecule has 2 aromatic rings.